The number of imide groups is 1. The highest BCUT2D eigenvalue weighted by molar-refractivity contribution is 6.10. The summed E-state index contributed by atoms with van der Waals surface area (Å²) in [5, 5.41) is 8.95. The molecule has 0 saturated carbocycles. The highest BCUT2D eigenvalue weighted by Crippen LogP contribution is 2.17. The normalized spacial score (nSPS) is 10.4. The van der Waals surface area contributed by atoms with Gasteiger partial charge in [0.1, 0.15) is 0 Å². The molecule has 122 valence electrons. The summed E-state index contributed by atoms with van der Waals surface area (Å²) in [4.78, 5) is 22.6. The molecule has 0 aliphatic rings. The van der Waals surface area contributed by atoms with Crippen LogP contribution < -0.4 is 10.6 Å². The van der Waals surface area contributed by atoms with Gasteiger partial charge in [-0.1, -0.05) is 57.6 Å². The van der Waals surface area contributed by atoms with E-state index in [9.17, 15) is 9.59 Å². The number of nitrogens with zero attached hydrogens (tertiary/aromatic N) is 1. The van der Waals surface area contributed by atoms with E-state index in [0.717, 1.165) is 18.4 Å². The highest BCUT2D eigenvalue weighted by atomic mass is 16.4. The molecule has 1 aromatic carbocycles. The van der Waals surface area contributed by atoms with Gasteiger partial charge in [0.25, 0.3) is 0 Å². The van der Waals surface area contributed by atoms with Gasteiger partial charge in [-0.25, -0.2) is 9.59 Å². The van der Waals surface area contributed by atoms with E-state index in [-0.39, 0.29) is 5.69 Å². The summed E-state index contributed by atoms with van der Waals surface area (Å²) in [6.45, 7) is 2.22. The lowest BCUT2D eigenvalue weighted by molar-refractivity contribution is 0.200. The number of urea groups is 1. The Morgan fingerprint density at radius 2 is 1.55 bits per heavy atom. The van der Waals surface area contributed by atoms with E-state index in [2.05, 4.69) is 6.92 Å². The van der Waals surface area contributed by atoms with Gasteiger partial charge < -0.3 is 10.8 Å². The van der Waals surface area contributed by atoms with Gasteiger partial charge in [-0.2, -0.15) is 4.90 Å². The van der Waals surface area contributed by atoms with Crippen LogP contribution in [-0.4, -0.2) is 17.2 Å². The molecule has 22 heavy (non-hydrogen) atoms. The van der Waals surface area contributed by atoms with Gasteiger partial charge in [-0.3, -0.25) is 0 Å². The van der Waals surface area contributed by atoms with Crippen molar-refractivity contribution in [3.8, 4) is 0 Å². The molecule has 0 aliphatic carbocycles. The Hall–Kier alpha value is -2.04. The molecule has 0 radical (unpaired) electrons. The minimum atomic E-state index is -1.37. The number of primary amides is 1. The van der Waals surface area contributed by atoms with E-state index in [0.29, 0.717) is 4.90 Å². The summed E-state index contributed by atoms with van der Waals surface area (Å²) in [6, 6.07) is 5.95. The number of hydrogen-bond acceptors (Lipinski definition) is 2. The number of hydrogen-bond donors (Lipinski definition) is 2. The second kappa shape index (κ2) is 9.82. The molecule has 0 heterocycles. The SMILES string of the molecule is CCCCCCCCCc1ccc(N(C(N)=O)C(=O)O)cc1. The second-order valence-corrected chi connectivity index (χ2v) is 5.49. The molecule has 5 heteroatoms. The van der Waals surface area contributed by atoms with Crippen molar-refractivity contribution < 1.29 is 14.7 Å². The van der Waals surface area contributed by atoms with Crippen molar-refractivity contribution in [1.82, 2.24) is 0 Å². The third-order valence-electron chi connectivity index (χ3n) is 3.68. The first kappa shape index (κ1) is 18.0. The lowest BCUT2D eigenvalue weighted by Crippen LogP contribution is -2.39. The zero-order valence-electron chi connectivity index (χ0n) is 13.3. The maximum atomic E-state index is 11.1. The molecule has 5 nitrogen and oxygen atoms in total. The minimum absolute atomic E-state index is 0.281. The molecule has 0 aromatic heterocycles. The first-order valence-electron chi connectivity index (χ1n) is 7.97. The summed E-state index contributed by atoms with van der Waals surface area (Å²) in [5.41, 5.74) is 6.49. The van der Waals surface area contributed by atoms with E-state index < -0.39 is 12.1 Å². The van der Waals surface area contributed by atoms with Crippen molar-refractivity contribution in [3.05, 3.63) is 29.8 Å². The summed E-state index contributed by atoms with van der Waals surface area (Å²) >= 11 is 0. The molecule has 0 aliphatic heterocycles. The van der Waals surface area contributed by atoms with Crippen LogP contribution in [0.4, 0.5) is 15.3 Å². The largest absolute Gasteiger partial charge is 0.464 e. The number of unbranched alkanes of at least 4 members (excludes halogenated alkanes) is 6. The molecule has 0 saturated heterocycles. The monoisotopic (exact) mass is 306 g/mol. The third-order valence-corrected chi connectivity index (χ3v) is 3.68. The van der Waals surface area contributed by atoms with E-state index >= 15 is 0 Å². The molecule has 0 atom stereocenters. The predicted octanol–water partition coefficient (Wildman–Crippen LogP) is 4.54. The van der Waals surface area contributed by atoms with Gasteiger partial charge in [0.2, 0.25) is 0 Å². The zero-order chi connectivity index (χ0) is 16.4. The van der Waals surface area contributed by atoms with Gasteiger partial charge in [-0.05, 0) is 30.5 Å². The Morgan fingerprint density at radius 1 is 1.00 bits per heavy atom. The Kier molecular flexibility index (Phi) is 8.04. The summed E-state index contributed by atoms with van der Waals surface area (Å²) in [7, 11) is 0. The lowest BCUT2D eigenvalue weighted by atomic mass is 10.0. The van der Waals surface area contributed by atoms with Crippen LogP contribution in [-0.2, 0) is 6.42 Å². The average molecular weight is 306 g/mol. The lowest BCUT2D eigenvalue weighted by Gasteiger charge is -2.14. The summed E-state index contributed by atoms with van der Waals surface area (Å²) in [6.07, 6.45) is 8.43. The smallest absolute Gasteiger partial charge is 0.420 e. The number of rotatable bonds is 9. The summed E-state index contributed by atoms with van der Waals surface area (Å²) in [5.74, 6) is 0. The van der Waals surface area contributed by atoms with Crippen LogP contribution >= 0.6 is 0 Å². The van der Waals surface area contributed by atoms with Gasteiger partial charge in [-0.15, -0.1) is 0 Å². The fourth-order valence-corrected chi connectivity index (χ4v) is 2.43. The number of carbonyl (C=O) groups excluding carboxylic acids is 1. The quantitative estimate of drug-likeness (QED) is 0.657. The van der Waals surface area contributed by atoms with Gasteiger partial charge in [0.05, 0.1) is 5.69 Å². The van der Waals surface area contributed by atoms with Crippen molar-refractivity contribution in [3.63, 3.8) is 0 Å². The minimum Gasteiger partial charge on any atom is -0.464 e. The Bertz CT molecular complexity index is 457. The first-order chi connectivity index (χ1) is 10.6. The van der Waals surface area contributed by atoms with Gasteiger partial charge in [0, 0.05) is 0 Å². The highest BCUT2D eigenvalue weighted by Gasteiger charge is 2.19. The Labute approximate surface area is 132 Å². The number of anilines is 1. The average Bonchev–Trinajstić information content (AvgIpc) is 2.47. The van der Waals surface area contributed by atoms with Crippen molar-refractivity contribution in [2.24, 2.45) is 5.73 Å². The van der Waals surface area contributed by atoms with Crippen LogP contribution in [0.2, 0.25) is 0 Å². The first-order valence-corrected chi connectivity index (χ1v) is 7.97. The van der Waals surface area contributed by atoms with Crippen LogP contribution in [0.5, 0.6) is 0 Å². The molecule has 1 rings (SSSR count). The van der Waals surface area contributed by atoms with Gasteiger partial charge >= 0.3 is 12.1 Å². The Morgan fingerprint density at radius 3 is 2.05 bits per heavy atom. The van der Waals surface area contributed by atoms with Crippen LogP contribution in [0.25, 0.3) is 0 Å². The summed E-state index contributed by atoms with van der Waals surface area (Å²) < 4.78 is 0. The molecule has 0 fully saturated rings. The van der Waals surface area contributed by atoms with Crippen LogP contribution in [0, 0.1) is 0 Å². The number of aryl methyl sites for hydroxylation is 1. The molecular formula is C17H26N2O3. The van der Waals surface area contributed by atoms with Crippen LogP contribution in [0.15, 0.2) is 24.3 Å². The molecule has 3 amide bonds. The van der Waals surface area contributed by atoms with E-state index in [1.54, 1.807) is 12.1 Å². The topological polar surface area (TPSA) is 83.6 Å². The number of amides is 3. The molecule has 1 aromatic rings. The van der Waals surface area contributed by atoms with Crippen molar-refractivity contribution in [2.75, 3.05) is 4.90 Å². The number of carboxylic acid groups (broad SMARTS) is 1. The predicted molar refractivity (Wildman–Crippen MR) is 88.2 cm³/mol. The van der Waals surface area contributed by atoms with E-state index in [4.69, 9.17) is 10.8 Å². The van der Waals surface area contributed by atoms with Crippen molar-refractivity contribution in [2.45, 2.75) is 58.3 Å². The molecule has 0 bridgehead atoms. The van der Waals surface area contributed by atoms with Crippen molar-refractivity contribution >= 4 is 17.8 Å². The van der Waals surface area contributed by atoms with Crippen LogP contribution in [0.1, 0.15) is 57.4 Å². The van der Waals surface area contributed by atoms with E-state index in [1.807, 2.05) is 12.1 Å². The third kappa shape index (κ3) is 6.16. The molecular weight excluding hydrogens is 280 g/mol. The maximum Gasteiger partial charge on any atom is 0.420 e. The number of benzene rings is 1. The molecule has 0 spiro atoms. The zero-order valence-corrected chi connectivity index (χ0v) is 13.3. The number of nitrogens with two attached hydrogens (primary N) is 1. The standard InChI is InChI=1S/C17H26N2O3/c1-2-3-4-5-6-7-8-9-14-10-12-15(13-11-14)19(16(18)20)17(21)22/h10-13H,2-9H2,1H3,(H2,18,20)(H,21,22). The van der Waals surface area contributed by atoms with E-state index in [1.165, 1.54) is 38.5 Å². The van der Waals surface area contributed by atoms with Crippen molar-refractivity contribution in [1.29, 1.82) is 0 Å². The maximum absolute atomic E-state index is 11.1. The fraction of sp³-hybridized carbons (Fsp3) is 0.529. The van der Waals surface area contributed by atoms with Crippen LogP contribution in [0.3, 0.4) is 0 Å². The Balaban J connectivity index is 2.38. The fourth-order valence-electron chi connectivity index (χ4n) is 2.43. The second-order valence-electron chi connectivity index (χ2n) is 5.49. The number of carbonyl (C=O) groups is 2. The van der Waals surface area contributed by atoms with Gasteiger partial charge in [0.15, 0.2) is 0 Å². The molecule has 3 N–H and O–H groups in total. The molecule has 0 unspecified atom stereocenters.